The van der Waals surface area contributed by atoms with Crippen molar-refractivity contribution >= 4 is 5.97 Å². The van der Waals surface area contributed by atoms with Gasteiger partial charge in [-0.15, -0.1) is 0 Å². The molecule has 0 saturated carbocycles. The first-order chi connectivity index (χ1) is 9.61. The number of rotatable bonds is 3. The lowest BCUT2D eigenvalue weighted by molar-refractivity contribution is -0.146. The Morgan fingerprint density at radius 2 is 2.00 bits per heavy atom. The van der Waals surface area contributed by atoms with Crippen LogP contribution in [-0.2, 0) is 4.79 Å². The number of carboxylic acids is 1. The molecule has 3 rings (SSSR count). The number of nitrogens with zero attached hydrogens (tertiary/aromatic N) is 1. The molecule has 20 heavy (non-hydrogen) atoms. The zero-order valence-electron chi connectivity index (χ0n) is 12.0. The fourth-order valence-electron chi connectivity index (χ4n) is 4.00. The van der Waals surface area contributed by atoms with Gasteiger partial charge in [0.25, 0.3) is 0 Å². The molecule has 4 nitrogen and oxygen atoms in total. The van der Waals surface area contributed by atoms with Crippen LogP contribution >= 0.6 is 0 Å². The third kappa shape index (κ3) is 2.08. The highest BCUT2D eigenvalue weighted by atomic mass is 16.5. The second-order valence-corrected chi connectivity index (χ2v) is 5.94. The van der Waals surface area contributed by atoms with Crippen molar-refractivity contribution in [3.63, 3.8) is 0 Å². The molecule has 2 bridgehead atoms. The van der Waals surface area contributed by atoms with E-state index in [0.29, 0.717) is 6.04 Å². The van der Waals surface area contributed by atoms with Gasteiger partial charge in [-0.25, -0.2) is 0 Å². The van der Waals surface area contributed by atoms with Crippen LogP contribution in [0.1, 0.15) is 30.7 Å². The maximum absolute atomic E-state index is 11.7. The smallest absolute Gasteiger partial charge is 0.308 e. The Balaban J connectivity index is 1.92. The van der Waals surface area contributed by atoms with E-state index in [-0.39, 0.29) is 17.9 Å². The Morgan fingerprint density at radius 3 is 2.60 bits per heavy atom. The topological polar surface area (TPSA) is 49.8 Å². The first-order valence-corrected chi connectivity index (χ1v) is 7.20. The summed E-state index contributed by atoms with van der Waals surface area (Å²) in [5.74, 6) is -0.0289. The summed E-state index contributed by atoms with van der Waals surface area (Å²) < 4.78 is 5.18. The first kappa shape index (κ1) is 13.4. The SMILES string of the molecule is COc1ccc([C@H]2CC3CCC([C@H]2C(=O)O)N3C)cc1. The number of carbonyl (C=O) groups is 1. The van der Waals surface area contributed by atoms with Crippen LogP contribution in [-0.4, -0.2) is 42.2 Å². The van der Waals surface area contributed by atoms with E-state index in [2.05, 4.69) is 11.9 Å². The van der Waals surface area contributed by atoms with Gasteiger partial charge >= 0.3 is 5.97 Å². The summed E-state index contributed by atoms with van der Waals surface area (Å²) in [6, 6.07) is 8.60. The highest BCUT2D eigenvalue weighted by molar-refractivity contribution is 5.73. The van der Waals surface area contributed by atoms with Gasteiger partial charge in [-0.1, -0.05) is 12.1 Å². The van der Waals surface area contributed by atoms with Gasteiger partial charge in [-0.3, -0.25) is 9.69 Å². The molecule has 2 fully saturated rings. The maximum atomic E-state index is 11.7. The van der Waals surface area contributed by atoms with E-state index < -0.39 is 5.97 Å². The van der Waals surface area contributed by atoms with Crippen molar-refractivity contribution in [1.82, 2.24) is 4.90 Å². The van der Waals surface area contributed by atoms with Crippen LogP contribution < -0.4 is 4.74 Å². The lowest BCUT2D eigenvalue weighted by Gasteiger charge is -2.41. The molecule has 2 saturated heterocycles. The molecular formula is C16H21NO3. The van der Waals surface area contributed by atoms with E-state index in [1.165, 1.54) is 0 Å². The zero-order chi connectivity index (χ0) is 14.3. The van der Waals surface area contributed by atoms with Crippen molar-refractivity contribution in [2.75, 3.05) is 14.2 Å². The molecule has 0 amide bonds. The number of hydrogen-bond acceptors (Lipinski definition) is 3. The van der Waals surface area contributed by atoms with E-state index in [9.17, 15) is 9.90 Å². The summed E-state index contributed by atoms with van der Waals surface area (Å²) >= 11 is 0. The highest BCUT2D eigenvalue weighted by Gasteiger charge is 2.49. The molecule has 4 atom stereocenters. The Morgan fingerprint density at radius 1 is 1.30 bits per heavy atom. The molecule has 0 aromatic heterocycles. The summed E-state index contributed by atoms with van der Waals surface area (Å²) in [4.78, 5) is 14.0. The van der Waals surface area contributed by atoms with Crippen molar-refractivity contribution in [2.45, 2.75) is 37.3 Å². The number of ether oxygens (including phenoxy) is 1. The zero-order valence-corrected chi connectivity index (χ0v) is 12.0. The largest absolute Gasteiger partial charge is 0.497 e. The second kappa shape index (κ2) is 5.09. The van der Waals surface area contributed by atoms with Crippen LogP contribution in [0.4, 0.5) is 0 Å². The predicted octanol–water partition coefficient (Wildman–Crippen LogP) is 2.35. The third-order valence-corrected chi connectivity index (χ3v) is 5.10. The molecule has 1 aromatic carbocycles. The predicted molar refractivity (Wildman–Crippen MR) is 76.1 cm³/mol. The number of methoxy groups -OCH3 is 1. The summed E-state index contributed by atoms with van der Waals surface area (Å²) in [6.45, 7) is 0. The van der Waals surface area contributed by atoms with E-state index in [0.717, 1.165) is 30.6 Å². The highest BCUT2D eigenvalue weighted by Crippen LogP contribution is 2.46. The Kier molecular flexibility index (Phi) is 3.42. The first-order valence-electron chi connectivity index (χ1n) is 7.20. The molecule has 2 heterocycles. The molecule has 0 spiro atoms. The Bertz CT molecular complexity index is 499. The van der Waals surface area contributed by atoms with Gasteiger partial charge in [0.15, 0.2) is 0 Å². The average molecular weight is 275 g/mol. The van der Waals surface area contributed by atoms with Crippen LogP contribution in [0.25, 0.3) is 0 Å². The molecule has 0 radical (unpaired) electrons. The summed E-state index contributed by atoms with van der Waals surface area (Å²) in [7, 11) is 3.72. The Labute approximate surface area is 119 Å². The van der Waals surface area contributed by atoms with E-state index >= 15 is 0 Å². The average Bonchev–Trinajstić information content (AvgIpc) is 2.70. The molecule has 2 aliphatic heterocycles. The van der Waals surface area contributed by atoms with E-state index in [1.54, 1.807) is 7.11 Å². The van der Waals surface area contributed by atoms with Crippen molar-refractivity contribution in [2.24, 2.45) is 5.92 Å². The van der Waals surface area contributed by atoms with Crippen LogP contribution in [0.15, 0.2) is 24.3 Å². The number of hydrogen-bond donors (Lipinski definition) is 1. The van der Waals surface area contributed by atoms with Gasteiger partial charge < -0.3 is 9.84 Å². The number of carboxylic acid groups (broad SMARTS) is 1. The number of benzene rings is 1. The van der Waals surface area contributed by atoms with Crippen LogP contribution in [0.2, 0.25) is 0 Å². The quantitative estimate of drug-likeness (QED) is 0.920. The van der Waals surface area contributed by atoms with Crippen LogP contribution in [0.3, 0.4) is 0 Å². The summed E-state index contributed by atoms with van der Waals surface area (Å²) in [5.41, 5.74) is 1.13. The molecule has 1 aromatic rings. The normalized spacial score (nSPS) is 33.1. The van der Waals surface area contributed by atoms with Gasteiger partial charge in [-0.2, -0.15) is 0 Å². The summed E-state index contributed by atoms with van der Waals surface area (Å²) in [5, 5.41) is 9.66. The number of piperidine rings is 1. The lowest BCUT2D eigenvalue weighted by Crippen LogP contribution is -2.48. The minimum absolute atomic E-state index is 0.118. The molecule has 2 unspecified atom stereocenters. The fourth-order valence-corrected chi connectivity index (χ4v) is 4.00. The monoisotopic (exact) mass is 275 g/mol. The standard InChI is InChI=1S/C16H21NO3/c1-17-11-5-8-14(17)15(16(18)19)13(9-11)10-3-6-12(20-2)7-4-10/h3-4,6-7,11,13-15H,5,8-9H2,1-2H3,(H,18,19)/t11?,13-,14?,15+/m1/s1. The summed E-state index contributed by atoms with van der Waals surface area (Å²) in [6.07, 6.45) is 3.07. The van der Waals surface area contributed by atoms with E-state index in [4.69, 9.17) is 4.74 Å². The lowest BCUT2D eigenvalue weighted by atomic mass is 9.76. The second-order valence-electron chi connectivity index (χ2n) is 5.94. The minimum Gasteiger partial charge on any atom is -0.497 e. The van der Waals surface area contributed by atoms with Crippen molar-refractivity contribution in [3.05, 3.63) is 29.8 Å². The molecule has 1 N–H and O–H groups in total. The van der Waals surface area contributed by atoms with E-state index in [1.807, 2.05) is 24.3 Å². The molecule has 2 aliphatic rings. The fraction of sp³-hybridized carbons (Fsp3) is 0.562. The number of fused-ring (bicyclic) bond motifs is 2. The van der Waals surface area contributed by atoms with Crippen molar-refractivity contribution in [1.29, 1.82) is 0 Å². The third-order valence-electron chi connectivity index (χ3n) is 5.10. The number of aliphatic carboxylic acids is 1. The Hall–Kier alpha value is -1.55. The molecule has 0 aliphatic carbocycles. The molecule has 4 heteroatoms. The van der Waals surface area contributed by atoms with Gasteiger partial charge in [-0.05, 0) is 44.0 Å². The van der Waals surface area contributed by atoms with Gasteiger partial charge in [0, 0.05) is 18.0 Å². The van der Waals surface area contributed by atoms with Gasteiger partial charge in [0.05, 0.1) is 13.0 Å². The minimum atomic E-state index is -0.664. The molecular weight excluding hydrogens is 254 g/mol. The van der Waals surface area contributed by atoms with Gasteiger partial charge in [0.1, 0.15) is 5.75 Å². The maximum Gasteiger partial charge on any atom is 0.308 e. The van der Waals surface area contributed by atoms with Gasteiger partial charge in [0.2, 0.25) is 0 Å². The van der Waals surface area contributed by atoms with Crippen LogP contribution in [0, 0.1) is 5.92 Å². The van der Waals surface area contributed by atoms with Crippen molar-refractivity contribution < 1.29 is 14.6 Å². The van der Waals surface area contributed by atoms with Crippen molar-refractivity contribution in [3.8, 4) is 5.75 Å². The van der Waals surface area contributed by atoms with Crippen LogP contribution in [0.5, 0.6) is 5.75 Å². The molecule has 108 valence electrons.